The fourth-order valence-corrected chi connectivity index (χ4v) is 1.49. The quantitative estimate of drug-likeness (QED) is 0.230. The summed E-state index contributed by atoms with van der Waals surface area (Å²) in [7, 11) is 0. The van der Waals surface area contributed by atoms with E-state index < -0.39 is 5.60 Å². The molecule has 0 spiro atoms. The van der Waals surface area contributed by atoms with Crippen molar-refractivity contribution in [2.24, 2.45) is 0 Å². The van der Waals surface area contributed by atoms with Crippen LogP contribution in [0.15, 0.2) is 33.9 Å². The van der Waals surface area contributed by atoms with E-state index in [0.29, 0.717) is 5.57 Å². The molecule has 0 N–H and O–H groups in total. The molecule has 0 aliphatic carbocycles. The van der Waals surface area contributed by atoms with Crippen molar-refractivity contribution in [3.05, 3.63) is 33.9 Å². The van der Waals surface area contributed by atoms with Crippen LogP contribution in [-0.4, -0.2) is 36.0 Å². The third-order valence-corrected chi connectivity index (χ3v) is 4.04. The second kappa shape index (κ2) is 16.3. The molecular formula is C29H56O4. The number of hydrogen-bond acceptors (Lipinski definition) is 4. The van der Waals surface area contributed by atoms with Gasteiger partial charge in [-0.15, -0.1) is 0 Å². The number of rotatable bonds is 5. The smallest absolute Gasteiger partial charge is 0.334 e. The van der Waals surface area contributed by atoms with Crippen molar-refractivity contribution in [3.63, 3.8) is 0 Å². The standard InChI is InChI=1S/C10H18O2.C10H20O.C9H18O/c1-7(2)8(3)9(11)12-10(4,5)6;1-8(2)9(3)7-11-10(4,5)6;1-8(2)6-7-10-9(3,4)5/h1-6H3;7H2,1-6H3;6H,7H2,1-5H3. The molecule has 0 aliphatic heterocycles. The van der Waals surface area contributed by atoms with Crippen LogP contribution in [0.2, 0.25) is 0 Å². The van der Waals surface area contributed by atoms with Gasteiger partial charge in [-0.1, -0.05) is 22.8 Å². The molecule has 33 heavy (non-hydrogen) atoms. The maximum Gasteiger partial charge on any atom is 0.334 e. The van der Waals surface area contributed by atoms with Crippen molar-refractivity contribution in [1.82, 2.24) is 0 Å². The van der Waals surface area contributed by atoms with Gasteiger partial charge in [-0.05, 0) is 123 Å². The third kappa shape index (κ3) is 30.6. The molecular weight excluding hydrogens is 412 g/mol. The average molecular weight is 469 g/mol. The lowest BCUT2D eigenvalue weighted by Crippen LogP contribution is -2.24. The number of esters is 1. The van der Waals surface area contributed by atoms with Crippen LogP contribution in [0, 0.1) is 0 Å². The highest BCUT2D eigenvalue weighted by Crippen LogP contribution is 2.13. The first-order valence-electron chi connectivity index (χ1n) is 11.9. The van der Waals surface area contributed by atoms with Gasteiger partial charge in [-0.2, -0.15) is 0 Å². The summed E-state index contributed by atoms with van der Waals surface area (Å²) >= 11 is 0. The van der Waals surface area contributed by atoms with Crippen molar-refractivity contribution in [1.29, 1.82) is 0 Å². The summed E-state index contributed by atoms with van der Waals surface area (Å²) in [6.45, 7) is 35.6. The monoisotopic (exact) mass is 468 g/mol. The minimum atomic E-state index is -0.395. The van der Waals surface area contributed by atoms with Gasteiger partial charge in [0, 0.05) is 5.57 Å². The van der Waals surface area contributed by atoms with Gasteiger partial charge >= 0.3 is 5.97 Å². The second-order valence-corrected chi connectivity index (χ2v) is 12.0. The van der Waals surface area contributed by atoms with E-state index in [2.05, 4.69) is 82.2 Å². The number of hydrogen-bond donors (Lipinski definition) is 0. The Morgan fingerprint density at radius 3 is 1.33 bits per heavy atom. The Hall–Kier alpha value is -1.39. The van der Waals surface area contributed by atoms with E-state index >= 15 is 0 Å². The van der Waals surface area contributed by atoms with E-state index in [0.717, 1.165) is 18.8 Å². The molecule has 0 heterocycles. The SMILES string of the molecule is CC(C)=C(C)C(=O)OC(C)(C)C.CC(C)=C(C)COC(C)(C)C.CC(C)=CCOC(C)(C)C. The Balaban J connectivity index is -0.000000411. The minimum Gasteiger partial charge on any atom is -0.457 e. The maximum absolute atomic E-state index is 11.3. The lowest BCUT2D eigenvalue weighted by Gasteiger charge is -2.20. The molecule has 0 unspecified atom stereocenters. The zero-order valence-electron chi connectivity index (χ0n) is 25.1. The van der Waals surface area contributed by atoms with Gasteiger partial charge in [0.05, 0.1) is 24.4 Å². The zero-order chi connectivity index (χ0) is 27.2. The fraction of sp³-hybridized carbons (Fsp3) is 0.759. The lowest BCUT2D eigenvalue weighted by molar-refractivity contribution is -0.149. The molecule has 0 fully saturated rings. The Morgan fingerprint density at radius 2 is 1.06 bits per heavy atom. The van der Waals surface area contributed by atoms with Gasteiger partial charge in [0.1, 0.15) is 5.60 Å². The Kier molecular flexibility index (Phi) is 17.8. The summed E-state index contributed by atoms with van der Waals surface area (Å²) in [6.07, 6.45) is 2.09. The number of ether oxygens (including phenoxy) is 3. The van der Waals surface area contributed by atoms with Crippen LogP contribution in [0.1, 0.15) is 118 Å². The molecule has 0 aromatic heterocycles. The molecule has 0 radical (unpaired) electrons. The van der Waals surface area contributed by atoms with E-state index in [9.17, 15) is 4.79 Å². The van der Waals surface area contributed by atoms with Crippen molar-refractivity contribution >= 4 is 5.97 Å². The topological polar surface area (TPSA) is 44.8 Å². The molecule has 196 valence electrons. The molecule has 0 amide bonds. The van der Waals surface area contributed by atoms with Gasteiger partial charge in [-0.3, -0.25) is 0 Å². The van der Waals surface area contributed by atoms with Crippen LogP contribution in [0.4, 0.5) is 0 Å². The summed E-state index contributed by atoms with van der Waals surface area (Å²) in [4.78, 5) is 11.3. The number of allylic oxidation sites excluding steroid dienone is 3. The van der Waals surface area contributed by atoms with E-state index in [1.54, 1.807) is 6.92 Å². The van der Waals surface area contributed by atoms with Crippen LogP contribution >= 0.6 is 0 Å². The maximum atomic E-state index is 11.3. The summed E-state index contributed by atoms with van der Waals surface area (Å²) < 4.78 is 16.2. The predicted octanol–water partition coefficient (Wildman–Crippen LogP) is 8.61. The van der Waals surface area contributed by atoms with Gasteiger partial charge in [0.2, 0.25) is 0 Å². The van der Waals surface area contributed by atoms with Gasteiger partial charge < -0.3 is 14.2 Å². The van der Waals surface area contributed by atoms with Crippen LogP contribution in [0.5, 0.6) is 0 Å². The van der Waals surface area contributed by atoms with Crippen molar-refractivity contribution in [3.8, 4) is 0 Å². The van der Waals surface area contributed by atoms with Crippen molar-refractivity contribution in [2.45, 2.75) is 135 Å². The molecule has 0 aromatic rings. The summed E-state index contributed by atoms with van der Waals surface area (Å²) in [6, 6.07) is 0. The molecule has 0 aromatic carbocycles. The Morgan fingerprint density at radius 1 is 0.636 bits per heavy atom. The largest absolute Gasteiger partial charge is 0.457 e. The third-order valence-electron chi connectivity index (χ3n) is 4.04. The van der Waals surface area contributed by atoms with Crippen LogP contribution in [-0.2, 0) is 19.0 Å². The van der Waals surface area contributed by atoms with Gasteiger partial charge in [-0.25, -0.2) is 4.79 Å². The number of carbonyl (C=O) groups excluding carboxylic acids is 1. The Labute approximate surface area is 206 Å². The Bertz CT molecular complexity index is 645. The van der Waals surface area contributed by atoms with E-state index in [-0.39, 0.29) is 17.2 Å². The molecule has 4 nitrogen and oxygen atoms in total. The fourth-order valence-electron chi connectivity index (χ4n) is 1.49. The molecule has 0 saturated heterocycles. The molecule has 0 atom stereocenters. The lowest BCUT2D eigenvalue weighted by atomic mass is 10.1. The molecule has 0 saturated carbocycles. The summed E-state index contributed by atoms with van der Waals surface area (Å²) in [5, 5.41) is 0. The van der Waals surface area contributed by atoms with E-state index in [1.165, 1.54) is 16.7 Å². The first-order chi connectivity index (χ1) is 14.5. The summed E-state index contributed by atoms with van der Waals surface area (Å²) in [5.74, 6) is -0.220. The van der Waals surface area contributed by atoms with Crippen molar-refractivity contribution in [2.75, 3.05) is 13.2 Å². The highest BCUT2D eigenvalue weighted by molar-refractivity contribution is 5.88. The predicted molar refractivity (Wildman–Crippen MR) is 145 cm³/mol. The van der Waals surface area contributed by atoms with Gasteiger partial charge in [0.25, 0.3) is 0 Å². The number of carbonyl (C=O) groups is 1. The van der Waals surface area contributed by atoms with Crippen LogP contribution < -0.4 is 0 Å². The molecule has 0 bridgehead atoms. The highest BCUT2D eigenvalue weighted by atomic mass is 16.6. The molecule has 4 heteroatoms. The van der Waals surface area contributed by atoms with Crippen LogP contribution in [0.25, 0.3) is 0 Å². The van der Waals surface area contributed by atoms with Crippen molar-refractivity contribution < 1.29 is 19.0 Å². The minimum absolute atomic E-state index is 0.00799. The molecule has 0 aliphatic rings. The highest BCUT2D eigenvalue weighted by Gasteiger charge is 2.17. The summed E-state index contributed by atoms with van der Waals surface area (Å²) in [5.41, 5.74) is 5.28. The molecule has 0 rings (SSSR count). The normalized spacial score (nSPS) is 11.2. The van der Waals surface area contributed by atoms with E-state index in [1.807, 2.05) is 34.6 Å². The first kappa shape index (κ1) is 36.2. The zero-order valence-corrected chi connectivity index (χ0v) is 25.1. The average Bonchev–Trinajstić information content (AvgIpc) is 2.56. The first-order valence-corrected chi connectivity index (χ1v) is 11.9. The van der Waals surface area contributed by atoms with Gasteiger partial charge in [0.15, 0.2) is 0 Å². The van der Waals surface area contributed by atoms with E-state index in [4.69, 9.17) is 14.2 Å². The second-order valence-electron chi connectivity index (χ2n) is 12.0. The van der Waals surface area contributed by atoms with Crippen LogP contribution in [0.3, 0.4) is 0 Å².